The van der Waals surface area contributed by atoms with Crippen LogP contribution in [0.15, 0.2) is 42.6 Å². The highest BCUT2D eigenvalue weighted by Crippen LogP contribution is 2.38. The predicted molar refractivity (Wildman–Crippen MR) is 75.0 cm³/mol. The lowest BCUT2D eigenvalue weighted by molar-refractivity contribution is 0.374. The Morgan fingerprint density at radius 2 is 1.84 bits per heavy atom. The molecule has 0 atom stereocenters. The molecule has 0 bridgehead atoms. The Kier molecular flexibility index (Phi) is 3.38. The van der Waals surface area contributed by atoms with Crippen molar-refractivity contribution in [1.82, 2.24) is 4.98 Å². The molecular formula is C15H14ClFN2. The molecule has 2 aromatic rings. The minimum Gasteiger partial charge on any atom is -0.381 e. The van der Waals surface area contributed by atoms with Gasteiger partial charge in [0.05, 0.1) is 11.9 Å². The second-order valence-corrected chi connectivity index (χ2v) is 5.32. The maximum absolute atomic E-state index is 12.8. The lowest BCUT2D eigenvalue weighted by atomic mass is 9.76. The molecule has 1 N–H and O–H groups in total. The van der Waals surface area contributed by atoms with Gasteiger partial charge in [0, 0.05) is 6.04 Å². The summed E-state index contributed by atoms with van der Waals surface area (Å²) < 4.78 is 12.8. The van der Waals surface area contributed by atoms with Gasteiger partial charge in [-0.3, -0.25) is 0 Å². The number of hydrogen-bond donors (Lipinski definition) is 1. The molecule has 1 aliphatic carbocycles. The summed E-state index contributed by atoms with van der Waals surface area (Å²) in [6.07, 6.45) is 3.87. The fraction of sp³-hybridized carbons (Fsp3) is 0.267. The van der Waals surface area contributed by atoms with Crippen LogP contribution >= 0.6 is 11.6 Å². The molecule has 0 saturated heterocycles. The molecule has 3 rings (SSSR count). The molecule has 4 heteroatoms. The van der Waals surface area contributed by atoms with E-state index in [1.165, 1.54) is 17.7 Å². The van der Waals surface area contributed by atoms with Crippen molar-refractivity contribution >= 4 is 17.3 Å². The summed E-state index contributed by atoms with van der Waals surface area (Å²) in [5.74, 6) is 0.350. The van der Waals surface area contributed by atoms with E-state index in [0.29, 0.717) is 17.1 Å². The molecule has 1 heterocycles. The van der Waals surface area contributed by atoms with E-state index >= 15 is 0 Å². The monoisotopic (exact) mass is 276 g/mol. The van der Waals surface area contributed by atoms with Gasteiger partial charge in [0.15, 0.2) is 0 Å². The number of halogens is 2. The van der Waals surface area contributed by atoms with Crippen LogP contribution in [-0.4, -0.2) is 11.0 Å². The standard InChI is InChI=1S/C15H14ClFN2/c16-15-6-5-13(9-18-15)19-14-7-11(8-14)10-1-3-12(17)4-2-10/h1-6,9,11,14,19H,7-8H2. The highest BCUT2D eigenvalue weighted by Gasteiger charge is 2.30. The van der Waals surface area contributed by atoms with Gasteiger partial charge in [-0.05, 0) is 48.6 Å². The average Bonchev–Trinajstić information content (AvgIpc) is 2.37. The Hall–Kier alpha value is -1.61. The van der Waals surface area contributed by atoms with E-state index in [-0.39, 0.29) is 5.82 Å². The highest BCUT2D eigenvalue weighted by molar-refractivity contribution is 6.29. The van der Waals surface area contributed by atoms with Crippen LogP contribution in [0, 0.1) is 5.82 Å². The molecule has 19 heavy (non-hydrogen) atoms. The van der Waals surface area contributed by atoms with Crippen molar-refractivity contribution in [2.45, 2.75) is 24.8 Å². The molecule has 1 fully saturated rings. The molecule has 0 radical (unpaired) electrons. The van der Waals surface area contributed by atoms with Crippen molar-refractivity contribution in [2.75, 3.05) is 5.32 Å². The first kappa shape index (κ1) is 12.4. The first-order valence-electron chi connectivity index (χ1n) is 6.34. The molecule has 1 saturated carbocycles. The maximum Gasteiger partial charge on any atom is 0.129 e. The quantitative estimate of drug-likeness (QED) is 0.849. The van der Waals surface area contributed by atoms with Crippen LogP contribution in [0.3, 0.4) is 0 Å². The Bertz CT molecular complexity index is 547. The second kappa shape index (κ2) is 5.17. The summed E-state index contributed by atoms with van der Waals surface area (Å²) in [5.41, 5.74) is 2.21. The van der Waals surface area contributed by atoms with Gasteiger partial charge in [-0.25, -0.2) is 9.37 Å². The Morgan fingerprint density at radius 3 is 2.47 bits per heavy atom. The molecule has 0 aliphatic heterocycles. The third kappa shape index (κ3) is 2.87. The van der Waals surface area contributed by atoms with E-state index in [2.05, 4.69) is 10.3 Å². The number of anilines is 1. The number of nitrogens with one attached hydrogen (secondary N) is 1. The summed E-state index contributed by atoms with van der Waals surface area (Å²) in [4.78, 5) is 4.04. The van der Waals surface area contributed by atoms with Gasteiger partial charge in [-0.15, -0.1) is 0 Å². The second-order valence-electron chi connectivity index (χ2n) is 4.93. The van der Waals surface area contributed by atoms with Crippen LogP contribution in [0.4, 0.5) is 10.1 Å². The van der Waals surface area contributed by atoms with Crippen LogP contribution in [-0.2, 0) is 0 Å². The van der Waals surface area contributed by atoms with Gasteiger partial charge in [-0.2, -0.15) is 0 Å². The zero-order chi connectivity index (χ0) is 13.2. The van der Waals surface area contributed by atoms with E-state index in [0.717, 1.165) is 18.5 Å². The zero-order valence-corrected chi connectivity index (χ0v) is 11.1. The third-order valence-electron chi connectivity index (χ3n) is 3.58. The summed E-state index contributed by atoms with van der Waals surface area (Å²) in [6.45, 7) is 0. The fourth-order valence-corrected chi connectivity index (χ4v) is 2.55. The number of pyridine rings is 1. The lowest BCUT2D eigenvalue weighted by Gasteiger charge is -2.36. The molecule has 1 aromatic carbocycles. The Balaban J connectivity index is 1.55. The van der Waals surface area contributed by atoms with Gasteiger partial charge >= 0.3 is 0 Å². The van der Waals surface area contributed by atoms with E-state index in [4.69, 9.17) is 11.6 Å². The number of nitrogens with zero attached hydrogens (tertiary/aromatic N) is 1. The Labute approximate surface area is 116 Å². The van der Waals surface area contributed by atoms with Gasteiger partial charge in [0.1, 0.15) is 11.0 Å². The van der Waals surface area contributed by atoms with Crippen molar-refractivity contribution < 1.29 is 4.39 Å². The van der Waals surface area contributed by atoms with Gasteiger partial charge in [0.25, 0.3) is 0 Å². The summed E-state index contributed by atoms with van der Waals surface area (Å²) in [7, 11) is 0. The van der Waals surface area contributed by atoms with Crippen molar-refractivity contribution in [3.63, 3.8) is 0 Å². The van der Waals surface area contributed by atoms with Crippen LogP contribution in [0.2, 0.25) is 5.15 Å². The van der Waals surface area contributed by atoms with Crippen LogP contribution in [0.1, 0.15) is 24.3 Å². The molecule has 0 spiro atoms. The number of benzene rings is 1. The van der Waals surface area contributed by atoms with E-state index < -0.39 is 0 Å². The first-order valence-corrected chi connectivity index (χ1v) is 6.72. The van der Waals surface area contributed by atoms with Gasteiger partial charge in [-0.1, -0.05) is 23.7 Å². The molecule has 1 aromatic heterocycles. The lowest BCUT2D eigenvalue weighted by Crippen LogP contribution is -2.34. The molecule has 0 amide bonds. The normalized spacial score (nSPS) is 21.8. The van der Waals surface area contributed by atoms with Gasteiger partial charge in [0.2, 0.25) is 0 Å². The molecule has 0 unspecified atom stereocenters. The minimum atomic E-state index is -0.176. The maximum atomic E-state index is 12.8. The van der Waals surface area contributed by atoms with E-state index in [1.54, 1.807) is 12.3 Å². The molecular weight excluding hydrogens is 263 g/mol. The minimum absolute atomic E-state index is 0.176. The molecule has 2 nitrogen and oxygen atoms in total. The third-order valence-corrected chi connectivity index (χ3v) is 3.80. The summed E-state index contributed by atoms with van der Waals surface area (Å²) in [6, 6.07) is 11.0. The van der Waals surface area contributed by atoms with Crippen LogP contribution < -0.4 is 5.32 Å². The van der Waals surface area contributed by atoms with Crippen LogP contribution in [0.25, 0.3) is 0 Å². The zero-order valence-electron chi connectivity index (χ0n) is 10.3. The average molecular weight is 277 g/mol. The summed E-state index contributed by atoms with van der Waals surface area (Å²) >= 11 is 5.74. The summed E-state index contributed by atoms with van der Waals surface area (Å²) in [5, 5.41) is 3.92. The Morgan fingerprint density at radius 1 is 1.11 bits per heavy atom. The van der Waals surface area contributed by atoms with Gasteiger partial charge < -0.3 is 5.32 Å². The topological polar surface area (TPSA) is 24.9 Å². The number of hydrogen-bond acceptors (Lipinski definition) is 2. The number of rotatable bonds is 3. The highest BCUT2D eigenvalue weighted by atomic mass is 35.5. The fourth-order valence-electron chi connectivity index (χ4n) is 2.44. The largest absolute Gasteiger partial charge is 0.381 e. The van der Waals surface area contributed by atoms with Crippen molar-refractivity contribution in [1.29, 1.82) is 0 Å². The van der Waals surface area contributed by atoms with Crippen molar-refractivity contribution in [3.05, 3.63) is 59.1 Å². The van der Waals surface area contributed by atoms with Crippen LogP contribution in [0.5, 0.6) is 0 Å². The first-order chi connectivity index (χ1) is 9.20. The molecule has 98 valence electrons. The van der Waals surface area contributed by atoms with E-state index in [9.17, 15) is 4.39 Å². The SMILES string of the molecule is Fc1ccc(C2CC(Nc3ccc(Cl)nc3)C2)cc1. The predicted octanol–water partition coefficient (Wildman–Crippen LogP) is 4.23. The van der Waals surface area contributed by atoms with Crippen molar-refractivity contribution in [3.8, 4) is 0 Å². The number of aromatic nitrogens is 1. The van der Waals surface area contributed by atoms with E-state index in [1.807, 2.05) is 18.2 Å². The molecule has 1 aliphatic rings. The smallest absolute Gasteiger partial charge is 0.129 e. The van der Waals surface area contributed by atoms with Crippen molar-refractivity contribution in [2.24, 2.45) is 0 Å².